The third-order valence-electron chi connectivity index (χ3n) is 2.57. The number of rotatable bonds is 3. The van der Waals surface area contributed by atoms with E-state index in [9.17, 15) is 14.4 Å². The number of urea groups is 1. The average Bonchev–Trinajstić information content (AvgIpc) is 2.36. The molecule has 7 nitrogen and oxygen atoms in total. The molecule has 1 atom stereocenters. The second-order valence-corrected chi connectivity index (χ2v) is 3.80. The molecule has 18 heavy (non-hydrogen) atoms. The standard InChI is InChI=1S/C11H16N2O5/c1-2-8-7-18-6-5-13(8)11(17)12-9(14)3-4-10(15)16/h3-4,8H,2,5-7H2,1H3,(H,15,16)(H,12,14,17)/b4-3+. The molecule has 1 unspecified atom stereocenters. The van der Waals surface area contributed by atoms with Crippen molar-refractivity contribution in [3.05, 3.63) is 12.2 Å². The second kappa shape index (κ2) is 6.75. The summed E-state index contributed by atoms with van der Waals surface area (Å²) in [7, 11) is 0. The molecular weight excluding hydrogens is 240 g/mol. The summed E-state index contributed by atoms with van der Waals surface area (Å²) < 4.78 is 5.24. The largest absolute Gasteiger partial charge is 0.478 e. The topological polar surface area (TPSA) is 95.9 Å². The van der Waals surface area contributed by atoms with Gasteiger partial charge in [-0.1, -0.05) is 6.92 Å². The molecule has 0 aromatic carbocycles. The van der Waals surface area contributed by atoms with Crippen molar-refractivity contribution in [1.29, 1.82) is 0 Å². The summed E-state index contributed by atoms with van der Waals surface area (Å²) in [6, 6.07) is -0.583. The maximum Gasteiger partial charge on any atom is 0.328 e. The maximum absolute atomic E-state index is 11.8. The van der Waals surface area contributed by atoms with Crippen LogP contribution in [0.2, 0.25) is 0 Å². The number of hydrogen-bond acceptors (Lipinski definition) is 4. The first-order chi connectivity index (χ1) is 8.54. The molecule has 0 aliphatic carbocycles. The number of aliphatic carboxylic acids is 1. The van der Waals surface area contributed by atoms with Gasteiger partial charge in [0.05, 0.1) is 19.3 Å². The van der Waals surface area contributed by atoms with Crippen LogP contribution in [0.15, 0.2) is 12.2 Å². The molecule has 1 aliphatic heterocycles. The molecule has 0 bridgehead atoms. The third-order valence-corrected chi connectivity index (χ3v) is 2.57. The number of carbonyl (C=O) groups excluding carboxylic acids is 2. The van der Waals surface area contributed by atoms with Gasteiger partial charge in [0.1, 0.15) is 0 Å². The zero-order valence-electron chi connectivity index (χ0n) is 10.1. The zero-order chi connectivity index (χ0) is 13.5. The lowest BCUT2D eigenvalue weighted by Gasteiger charge is -2.34. The number of carboxylic acid groups (broad SMARTS) is 1. The van der Waals surface area contributed by atoms with Gasteiger partial charge in [-0.05, 0) is 6.42 Å². The predicted octanol–water partition coefficient (Wildman–Crippen LogP) is -0.0258. The minimum absolute atomic E-state index is 0.0602. The van der Waals surface area contributed by atoms with Crippen LogP contribution in [-0.2, 0) is 14.3 Å². The smallest absolute Gasteiger partial charge is 0.328 e. The number of carbonyl (C=O) groups is 3. The van der Waals surface area contributed by atoms with Crippen LogP contribution in [0, 0.1) is 0 Å². The van der Waals surface area contributed by atoms with Gasteiger partial charge in [0.15, 0.2) is 0 Å². The minimum Gasteiger partial charge on any atom is -0.478 e. The first-order valence-corrected chi connectivity index (χ1v) is 5.65. The van der Waals surface area contributed by atoms with Gasteiger partial charge in [0.2, 0.25) is 0 Å². The summed E-state index contributed by atoms with van der Waals surface area (Å²) in [4.78, 5) is 34.8. The Morgan fingerprint density at radius 3 is 2.78 bits per heavy atom. The Labute approximate surface area is 104 Å². The number of carboxylic acids is 1. The number of nitrogens with one attached hydrogen (secondary N) is 1. The first kappa shape index (κ1) is 14.2. The van der Waals surface area contributed by atoms with Crippen LogP contribution in [0.3, 0.4) is 0 Å². The molecule has 0 saturated carbocycles. The fourth-order valence-corrected chi connectivity index (χ4v) is 1.63. The summed E-state index contributed by atoms with van der Waals surface area (Å²) >= 11 is 0. The molecular formula is C11H16N2O5. The van der Waals surface area contributed by atoms with Crippen LogP contribution in [0.25, 0.3) is 0 Å². The molecule has 100 valence electrons. The molecule has 1 fully saturated rings. The predicted molar refractivity (Wildman–Crippen MR) is 61.9 cm³/mol. The number of nitrogens with zero attached hydrogens (tertiary/aromatic N) is 1. The number of amides is 3. The van der Waals surface area contributed by atoms with E-state index in [1.54, 1.807) is 0 Å². The van der Waals surface area contributed by atoms with Crippen molar-refractivity contribution >= 4 is 17.9 Å². The molecule has 0 radical (unpaired) electrons. The van der Waals surface area contributed by atoms with Crippen LogP contribution in [0.4, 0.5) is 4.79 Å². The highest BCUT2D eigenvalue weighted by atomic mass is 16.5. The molecule has 3 amide bonds. The van der Waals surface area contributed by atoms with Gasteiger partial charge in [0.25, 0.3) is 5.91 Å². The van der Waals surface area contributed by atoms with E-state index in [4.69, 9.17) is 9.84 Å². The van der Waals surface area contributed by atoms with E-state index in [0.717, 1.165) is 12.5 Å². The maximum atomic E-state index is 11.8. The number of hydrogen-bond donors (Lipinski definition) is 2. The fourth-order valence-electron chi connectivity index (χ4n) is 1.63. The molecule has 0 aromatic heterocycles. The van der Waals surface area contributed by atoms with E-state index >= 15 is 0 Å². The van der Waals surface area contributed by atoms with Gasteiger partial charge in [-0.25, -0.2) is 9.59 Å². The third kappa shape index (κ3) is 4.17. The number of morpholine rings is 1. The van der Waals surface area contributed by atoms with Gasteiger partial charge in [-0.2, -0.15) is 0 Å². The summed E-state index contributed by atoms with van der Waals surface area (Å²) in [5.74, 6) is -1.99. The molecule has 1 heterocycles. The molecule has 0 spiro atoms. The van der Waals surface area contributed by atoms with Crippen molar-refractivity contribution in [1.82, 2.24) is 10.2 Å². The van der Waals surface area contributed by atoms with E-state index in [0.29, 0.717) is 25.8 Å². The lowest BCUT2D eigenvalue weighted by Crippen LogP contribution is -2.53. The molecule has 0 aromatic rings. The van der Waals surface area contributed by atoms with Crippen molar-refractivity contribution in [2.45, 2.75) is 19.4 Å². The van der Waals surface area contributed by atoms with Gasteiger partial charge < -0.3 is 14.7 Å². The van der Waals surface area contributed by atoms with Gasteiger partial charge in [0, 0.05) is 18.7 Å². The lowest BCUT2D eigenvalue weighted by atomic mass is 10.2. The van der Waals surface area contributed by atoms with Crippen molar-refractivity contribution in [2.24, 2.45) is 0 Å². The lowest BCUT2D eigenvalue weighted by molar-refractivity contribution is -0.131. The van der Waals surface area contributed by atoms with E-state index in [1.165, 1.54) is 4.90 Å². The Balaban J connectivity index is 2.53. The molecule has 2 N–H and O–H groups in total. The van der Waals surface area contributed by atoms with E-state index in [1.807, 2.05) is 6.92 Å². The highest BCUT2D eigenvalue weighted by Gasteiger charge is 2.26. The Kier molecular flexibility index (Phi) is 5.31. The summed E-state index contributed by atoms with van der Waals surface area (Å²) in [5, 5.41) is 10.5. The quantitative estimate of drug-likeness (QED) is 0.691. The van der Waals surface area contributed by atoms with E-state index in [2.05, 4.69) is 5.32 Å². The highest BCUT2D eigenvalue weighted by Crippen LogP contribution is 2.10. The van der Waals surface area contributed by atoms with Crippen LogP contribution in [0.5, 0.6) is 0 Å². The van der Waals surface area contributed by atoms with Crippen molar-refractivity contribution in [2.75, 3.05) is 19.8 Å². The van der Waals surface area contributed by atoms with E-state index in [-0.39, 0.29) is 6.04 Å². The molecule has 1 saturated heterocycles. The van der Waals surface area contributed by atoms with E-state index < -0.39 is 17.9 Å². The van der Waals surface area contributed by atoms with Crippen LogP contribution in [-0.4, -0.2) is 53.7 Å². The van der Waals surface area contributed by atoms with Gasteiger partial charge in [-0.3, -0.25) is 10.1 Å². The van der Waals surface area contributed by atoms with Crippen molar-refractivity contribution in [3.63, 3.8) is 0 Å². The second-order valence-electron chi connectivity index (χ2n) is 3.80. The SMILES string of the molecule is CCC1COCCN1C(=O)NC(=O)/C=C/C(=O)O. The Bertz CT molecular complexity index is 366. The fraction of sp³-hybridized carbons (Fsp3) is 0.545. The summed E-state index contributed by atoms with van der Waals surface area (Å²) in [6.07, 6.45) is 2.22. The van der Waals surface area contributed by atoms with Crippen molar-refractivity contribution in [3.8, 4) is 0 Å². The normalized spacial score (nSPS) is 19.8. The number of imide groups is 1. The summed E-state index contributed by atoms with van der Waals surface area (Å²) in [6.45, 7) is 3.22. The van der Waals surface area contributed by atoms with Gasteiger partial charge in [-0.15, -0.1) is 0 Å². The highest BCUT2D eigenvalue weighted by molar-refractivity contribution is 6.02. The Hall–Kier alpha value is -1.89. The molecule has 1 aliphatic rings. The van der Waals surface area contributed by atoms with Crippen LogP contribution in [0.1, 0.15) is 13.3 Å². The van der Waals surface area contributed by atoms with Crippen LogP contribution >= 0.6 is 0 Å². The Morgan fingerprint density at radius 2 is 2.17 bits per heavy atom. The summed E-state index contributed by atoms with van der Waals surface area (Å²) in [5.41, 5.74) is 0. The minimum atomic E-state index is -1.24. The first-order valence-electron chi connectivity index (χ1n) is 5.65. The van der Waals surface area contributed by atoms with Crippen molar-refractivity contribution < 1.29 is 24.2 Å². The van der Waals surface area contributed by atoms with Crippen LogP contribution < -0.4 is 5.32 Å². The zero-order valence-corrected chi connectivity index (χ0v) is 10.1. The monoisotopic (exact) mass is 256 g/mol. The number of ether oxygens (including phenoxy) is 1. The molecule has 7 heteroatoms. The average molecular weight is 256 g/mol. The Morgan fingerprint density at radius 1 is 1.44 bits per heavy atom. The van der Waals surface area contributed by atoms with Gasteiger partial charge >= 0.3 is 12.0 Å². The molecule has 1 rings (SSSR count).